The van der Waals surface area contributed by atoms with Crippen molar-refractivity contribution in [3.63, 3.8) is 0 Å². The average molecular weight is 334 g/mol. The van der Waals surface area contributed by atoms with Crippen LogP contribution in [0.4, 0.5) is 0 Å². The van der Waals surface area contributed by atoms with E-state index in [4.69, 9.17) is 27.9 Å². The second-order valence-electron chi connectivity index (χ2n) is 5.37. The maximum atomic E-state index is 10.1. The Bertz CT molecular complexity index is 459. The fourth-order valence-corrected chi connectivity index (χ4v) is 3.07. The molecule has 0 saturated carbocycles. The third-order valence-electron chi connectivity index (χ3n) is 3.73. The minimum Gasteiger partial charge on any atom is -0.489 e. The number of aliphatic hydroxyl groups excluding tert-OH is 2. The van der Waals surface area contributed by atoms with Gasteiger partial charge in [0.2, 0.25) is 0 Å². The van der Waals surface area contributed by atoms with Crippen molar-refractivity contribution in [3.8, 4) is 5.75 Å². The lowest BCUT2D eigenvalue weighted by Crippen LogP contribution is -2.46. The lowest BCUT2D eigenvalue weighted by molar-refractivity contribution is 0.0232. The molecule has 1 heterocycles. The molecule has 118 valence electrons. The van der Waals surface area contributed by atoms with Crippen molar-refractivity contribution in [2.45, 2.75) is 31.4 Å². The number of rotatable bonds is 6. The minimum atomic E-state index is -0.621. The maximum absolute atomic E-state index is 10.1. The van der Waals surface area contributed by atoms with Crippen LogP contribution >= 0.6 is 23.2 Å². The highest BCUT2D eigenvalue weighted by atomic mass is 35.5. The molecule has 2 atom stereocenters. The number of nitrogens with zero attached hydrogens (tertiary/aromatic N) is 1. The van der Waals surface area contributed by atoms with E-state index in [9.17, 15) is 10.2 Å². The third-order valence-corrected chi connectivity index (χ3v) is 4.26. The van der Waals surface area contributed by atoms with Gasteiger partial charge < -0.3 is 14.9 Å². The van der Waals surface area contributed by atoms with Crippen molar-refractivity contribution < 1.29 is 14.9 Å². The van der Waals surface area contributed by atoms with Crippen LogP contribution < -0.4 is 4.74 Å². The maximum Gasteiger partial charge on any atom is 0.138 e. The highest BCUT2D eigenvalue weighted by Crippen LogP contribution is 2.27. The molecule has 0 aromatic heterocycles. The Morgan fingerprint density at radius 2 is 2.14 bits per heavy atom. The molecule has 1 aromatic rings. The van der Waals surface area contributed by atoms with Gasteiger partial charge in [0.05, 0.1) is 11.6 Å². The summed E-state index contributed by atoms with van der Waals surface area (Å²) in [5.41, 5.74) is 0. The molecule has 0 aliphatic carbocycles. The summed E-state index contributed by atoms with van der Waals surface area (Å²) in [5, 5.41) is 20.4. The van der Waals surface area contributed by atoms with Gasteiger partial charge in [-0.3, -0.25) is 4.90 Å². The van der Waals surface area contributed by atoms with Crippen LogP contribution in [0, 0.1) is 0 Å². The number of hydrogen-bond acceptors (Lipinski definition) is 4. The van der Waals surface area contributed by atoms with Gasteiger partial charge in [-0.15, -0.1) is 0 Å². The number of aliphatic hydroxyl groups is 2. The predicted octanol–water partition coefficient (Wildman–Crippen LogP) is 2.58. The zero-order valence-electron chi connectivity index (χ0n) is 11.8. The van der Waals surface area contributed by atoms with Crippen LogP contribution in [0.5, 0.6) is 5.75 Å². The molecule has 0 radical (unpaired) electrons. The first-order chi connectivity index (χ1) is 10.1. The average Bonchev–Trinajstić information content (AvgIpc) is 2.47. The summed E-state index contributed by atoms with van der Waals surface area (Å²) in [6, 6.07) is 5.14. The van der Waals surface area contributed by atoms with Crippen molar-refractivity contribution in [2.24, 2.45) is 0 Å². The number of ether oxygens (including phenoxy) is 1. The quantitative estimate of drug-likeness (QED) is 0.840. The Labute approximate surface area is 135 Å². The molecule has 0 bridgehead atoms. The molecule has 1 unspecified atom stereocenters. The van der Waals surface area contributed by atoms with Crippen LogP contribution in [-0.2, 0) is 0 Å². The van der Waals surface area contributed by atoms with Crippen molar-refractivity contribution in [1.29, 1.82) is 0 Å². The fourth-order valence-electron chi connectivity index (χ4n) is 2.61. The van der Waals surface area contributed by atoms with E-state index >= 15 is 0 Å². The van der Waals surface area contributed by atoms with Gasteiger partial charge in [-0.2, -0.15) is 0 Å². The summed E-state index contributed by atoms with van der Waals surface area (Å²) >= 11 is 11.8. The van der Waals surface area contributed by atoms with Gasteiger partial charge in [-0.25, -0.2) is 0 Å². The summed E-state index contributed by atoms with van der Waals surface area (Å²) in [7, 11) is 0. The first-order valence-electron chi connectivity index (χ1n) is 7.21. The summed E-state index contributed by atoms with van der Waals surface area (Å²) in [6.07, 6.45) is 2.60. The molecule has 2 rings (SSSR count). The highest BCUT2D eigenvalue weighted by Gasteiger charge is 2.23. The van der Waals surface area contributed by atoms with Gasteiger partial charge in [-0.05, 0) is 37.6 Å². The van der Waals surface area contributed by atoms with Crippen LogP contribution in [0.3, 0.4) is 0 Å². The van der Waals surface area contributed by atoms with Crippen molar-refractivity contribution >= 4 is 23.2 Å². The van der Waals surface area contributed by atoms with Crippen molar-refractivity contribution in [3.05, 3.63) is 28.2 Å². The molecule has 1 saturated heterocycles. The second kappa shape index (κ2) is 8.20. The lowest BCUT2D eigenvalue weighted by Gasteiger charge is -2.35. The smallest absolute Gasteiger partial charge is 0.138 e. The van der Waals surface area contributed by atoms with E-state index in [0.29, 0.717) is 22.3 Å². The molecule has 0 spiro atoms. The molecule has 6 heteroatoms. The SMILES string of the molecule is OC[C@H]1CCCCN1CC(O)COc1ccc(Cl)cc1Cl. The summed E-state index contributed by atoms with van der Waals surface area (Å²) in [5.74, 6) is 0.512. The Morgan fingerprint density at radius 1 is 1.33 bits per heavy atom. The Kier molecular flexibility index (Phi) is 6.58. The molecular weight excluding hydrogens is 313 g/mol. The van der Waals surface area contributed by atoms with Gasteiger partial charge in [-0.1, -0.05) is 29.6 Å². The van der Waals surface area contributed by atoms with Crippen LogP contribution in [0.15, 0.2) is 18.2 Å². The lowest BCUT2D eigenvalue weighted by atomic mass is 10.0. The molecule has 0 amide bonds. The molecule has 21 heavy (non-hydrogen) atoms. The normalized spacial score (nSPS) is 21.2. The van der Waals surface area contributed by atoms with Crippen LogP contribution in [0.1, 0.15) is 19.3 Å². The molecule has 1 aliphatic rings. The van der Waals surface area contributed by atoms with Gasteiger partial charge in [0.25, 0.3) is 0 Å². The van der Waals surface area contributed by atoms with Gasteiger partial charge in [0.1, 0.15) is 18.5 Å². The fraction of sp³-hybridized carbons (Fsp3) is 0.600. The van der Waals surface area contributed by atoms with Crippen molar-refractivity contribution in [2.75, 3.05) is 26.3 Å². The van der Waals surface area contributed by atoms with Crippen LogP contribution in [-0.4, -0.2) is 53.6 Å². The summed E-state index contributed by atoms with van der Waals surface area (Å²) in [6.45, 7) is 1.70. The van der Waals surface area contributed by atoms with E-state index in [0.717, 1.165) is 25.8 Å². The molecule has 2 N–H and O–H groups in total. The number of benzene rings is 1. The van der Waals surface area contributed by atoms with E-state index in [1.165, 1.54) is 0 Å². The number of hydrogen-bond donors (Lipinski definition) is 2. The second-order valence-corrected chi connectivity index (χ2v) is 6.21. The van der Waals surface area contributed by atoms with E-state index in [1.807, 2.05) is 0 Å². The topological polar surface area (TPSA) is 52.9 Å². The van der Waals surface area contributed by atoms with Crippen LogP contribution in [0.2, 0.25) is 10.0 Å². The largest absolute Gasteiger partial charge is 0.489 e. The van der Waals surface area contributed by atoms with E-state index in [1.54, 1.807) is 18.2 Å². The minimum absolute atomic E-state index is 0.136. The molecule has 1 aliphatic heterocycles. The third kappa shape index (κ3) is 5.01. The number of likely N-dealkylation sites (tertiary alicyclic amines) is 1. The number of β-amino-alcohol motifs (C(OH)–C–C–N with tert-alkyl or cyclic N) is 1. The van der Waals surface area contributed by atoms with Gasteiger partial charge in [0.15, 0.2) is 0 Å². The van der Waals surface area contributed by atoms with Gasteiger partial charge >= 0.3 is 0 Å². The Hall–Kier alpha value is -0.520. The molecular formula is C15H21Cl2NO3. The van der Waals surface area contributed by atoms with Crippen LogP contribution in [0.25, 0.3) is 0 Å². The Balaban J connectivity index is 1.82. The summed E-state index contributed by atoms with van der Waals surface area (Å²) in [4.78, 5) is 2.13. The van der Waals surface area contributed by atoms with Crippen molar-refractivity contribution in [1.82, 2.24) is 4.90 Å². The predicted molar refractivity (Wildman–Crippen MR) is 84.3 cm³/mol. The van der Waals surface area contributed by atoms with E-state index < -0.39 is 6.10 Å². The molecule has 4 nitrogen and oxygen atoms in total. The highest BCUT2D eigenvalue weighted by molar-refractivity contribution is 6.35. The number of piperidine rings is 1. The molecule has 1 fully saturated rings. The zero-order valence-corrected chi connectivity index (χ0v) is 13.4. The van der Waals surface area contributed by atoms with E-state index in [2.05, 4.69) is 4.90 Å². The van der Waals surface area contributed by atoms with E-state index in [-0.39, 0.29) is 19.3 Å². The zero-order chi connectivity index (χ0) is 15.2. The number of halogens is 2. The standard InChI is InChI=1S/C15H21Cl2NO3/c16-11-4-5-15(14(17)7-11)21-10-13(20)8-18-6-2-1-3-12(18)9-19/h4-5,7,12-13,19-20H,1-3,6,8-10H2/t12-,13?/m1/s1. The monoisotopic (exact) mass is 333 g/mol. The first-order valence-corrected chi connectivity index (χ1v) is 7.96. The van der Waals surface area contributed by atoms with Gasteiger partial charge in [0, 0.05) is 17.6 Å². The Morgan fingerprint density at radius 3 is 2.86 bits per heavy atom. The first kappa shape index (κ1) is 16.8. The molecule has 1 aromatic carbocycles. The summed E-state index contributed by atoms with van der Waals surface area (Å²) < 4.78 is 5.53.